The first-order valence-electron chi connectivity index (χ1n) is 3.86. The zero-order valence-electron chi connectivity index (χ0n) is 6.48. The molecule has 1 aliphatic rings. The Morgan fingerprint density at radius 2 is 1.83 bits per heavy atom. The van der Waals surface area contributed by atoms with Gasteiger partial charge in [0.2, 0.25) is 0 Å². The molecule has 12 heavy (non-hydrogen) atoms. The topological polar surface area (TPSA) is 26.0 Å². The van der Waals surface area contributed by atoms with Gasteiger partial charge < -0.3 is 5.73 Å². The van der Waals surface area contributed by atoms with Gasteiger partial charge in [0.15, 0.2) is 0 Å². The smallest absolute Gasteiger partial charge is 0.0595 e. The van der Waals surface area contributed by atoms with E-state index in [9.17, 15) is 0 Å². The SMILES string of the molecule is NC1(c2ccc(Cl)c(Cl)c2)CC1. The van der Waals surface area contributed by atoms with Crippen LogP contribution in [0.5, 0.6) is 0 Å². The maximum Gasteiger partial charge on any atom is 0.0595 e. The van der Waals surface area contributed by atoms with Gasteiger partial charge in [-0.3, -0.25) is 0 Å². The van der Waals surface area contributed by atoms with Crippen LogP contribution >= 0.6 is 23.2 Å². The summed E-state index contributed by atoms with van der Waals surface area (Å²) in [5, 5.41) is 1.18. The summed E-state index contributed by atoms with van der Waals surface area (Å²) in [5.74, 6) is 0. The summed E-state index contributed by atoms with van der Waals surface area (Å²) < 4.78 is 0. The third kappa shape index (κ3) is 1.33. The molecule has 1 aliphatic carbocycles. The molecule has 0 heterocycles. The highest BCUT2D eigenvalue weighted by molar-refractivity contribution is 6.42. The minimum absolute atomic E-state index is 0.117. The second-order valence-corrected chi connectivity index (χ2v) is 4.10. The Bertz CT molecular complexity index is 318. The normalized spacial score (nSPS) is 19.2. The van der Waals surface area contributed by atoms with Crippen molar-refractivity contribution < 1.29 is 0 Å². The molecule has 1 nitrogen and oxygen atoms in total. The van der Waals surface area contributed by atoms with E-state index in [0.717, 1.165) is 18.4 Å². The van der Waals surface area contributed by atoms with Gasteiger partial charge in [0, 0.05) is 5.54 Å². The van der Waals surface area contributed by atoms with Crippen LogP contribution in [-0.4, -0.2) is 0 Å². The standard InChI is InChI=1S/C9H9Cl2N/c10-7-2-1-6(5-8(7)11)9(12)3-4-9/h1-2,5H,3-4,12H2. The van der Waals surface area contributed by atoms with Gasteiger partial charge in [0.25, 0.3) is 0 Å². The minimum atomic E-state index is -0.117. The summed E-state index contributed by atoms with van der Waals surface area (Å²) in [6.45, 7) is 0. The van der Waals surface area contributed by atoms with Crippen LogP contribution in [0.3, 0.4) is 0 Å². The highest BCUT2D eigenvalue weighted by Crippen LogP contribution is 2.43. The number of halogens is 2. The summed E-state index contributed by atoms with van der Waals surface area (Å²) in [6, 6.07) is 5.60. The summed E-state index contributed by atoms with van der Waals surface area (Å²) in [4.78, 5) is 0. The van der Waals surface area contributed by atoms with Crippen molar-refractivity contribution in [1.82, 2.24) is 0 Å². The van der Waals surface area contributed by atoms with Gasteiger partial charge in [-0.05, 0) is 30.5 Å². The predicted molar refractivity (Wildman–Crippen MR) is 51.6 cm³/mol. The fourth-order valence-electron chi connectivity index (χ4n) is 1.23. The van der Waals surface area contributed by atoms with Gasteiger partial charge in [-0.25, -0.2) is 0 Å². The summed E-state index contributed by atoms with van der Waals surface area (Å²) >= 11 is 11.6. The first kappa shape index (κ1) is 8.36. The monoisotopic (exact) mass is 201 g/mol. The lowest BCUT2D eigenvalue weighted by Gasteiger charge is -2.09. The third-order valence-corrected chi connectivity index (χ3v) is 3.02. The second kappa shape index (κ2) is 2.63. The lowest BCUT2D eigenvalue weighted by Crippen LogP contribution is -2.18. The molecule has 2 rings (SSSR count). The van der Waals surface area contributed by atoms with Gasteiger partial charge in [0.05, 0.1) is 10.0 Å². The van der Waals surface area contributed by atoms with Gasteiger partial charge in [-0.15, -0.1) is 0 Å². The Morgan fingerprint density at radius 3 is 2.33 bits per heavy atom. The molecule has 0 spiro atoms. The van der Waals surface area contributed by atoms with E-state index >= 15 is 0 Å². The molecule has 2 N–H and O–H groups in total. The van der Waals surface area contributed by atoms with Gasteiger partial charge in [-0.1, -0.05) is 29.3 Å². The van der Waals surface area contributed by atoms with E-state index in [-0.39, 0.29) is 5.54 Å². The molecule has 0 bridgehead atoms. The minimum Gasteiger partial charge on any atom is -0.321 e. The van der Waals surface area contributed by atoms with Crippen molar-refractivity contribution in [1.29, 1.82) is 0 Å². The fourth-order valence-corrected chi connectivity index (χ4v) is 1.53. The Hall–Kier alpha value is -0.240. The van der Waals surface area contributed by atoms with Crippen LogP contribution in [0, 0.1) is 0 Å². The molecule has 0 atom stereocenters. The van der Waals surface area contributed by atoms with E-state index in [1.807, 2.05) is 12.1 Å². The van der Waals surface area contributed by atoms with Crippen LogP contribution in [0.1, 0.15) is 18.4 Å². The Labute approximate surface area is 81.5 Å². The highest BCUT2D eigenvalue weighted by atomic mass is 35.5. The Balaban J connectivity index is 2.41. The molecule has 64 valence electrons. The molecule has 1 fully saturated rings. The van der Waals surface area contributed by atoms with Gasteiger partial charge in [0.1, 0.15) is 0 Å². The van der Waals surface area contributed by atoms with E-state index < -0.39 is 0 Å². The molecular weight excluding hydrogens is 193 g/mol. The number of hydrogen-bond acceptors (Lipinski definition) is 1. The van der Waals surface area contributed by atoms with Gasteiger partial charge in [-0.2, -0.15) is 0 Å². The van der Waals surface area contributed by atoms with Crippen molar-refractivity contribution in [3.8, 4) is 0 Å². The lowest BCUT2D eigenvalue weighted by atomic mass is 10.1. The maximum absolute atomic E-state index is 5.99. The van der Waals surface area contributed by atoms with Crippen molar-refractivity contribution in [2.24, 2.45) is 5.73 Å². The van der Waals surface area contributed by atoms with Gasteiger partial charge >= 0.3 is 0 Å². The zero-order valence-corrected chi connectivity index (χ0v) is 7.99. The molecule has 3 heteroatoms. The molecule has 0 saturated heterocycles. The first-order valence-corrected chi connectivity index (χ1v) is 4.62. The Morgan fingerprint density at radius 1 is 1.17 bits per heavy atom. The molecule has 1 aromatic rings. The predicted octanol–water partition coefficient (Wildman–Crippen LogP) is 2.94. The van der Waals surface area contributed by atoms with E-state index in [1.165, 1.54) is 0 Å². The highest BCUT2D eigenvalue weighted by Gasteiger charge is 2.40. The molecule has 1 aromatic carbocycles. The van der Waals surface area contributed by atoms with Crippen LogP contribution in [0.2, 0.25) is 10.0 Å². The average molecular weight is 202 g/mol. The van der Waals surface area contributed by atoms with Crippen molar-refractivity contribution in [3.63, 3.8) is 0 Å². The fraction of sp³-hybridized carbons (Fsp3) is 0.333. The molecule has 0 unspecified atom stereocenters. The number of nitrogens with two attached hydrogens (primary N) is 1. The zero-order chi connectivity index (χ0) is 8.77. The number of benzene rings is 1. The lowest BCUT2D eigenvalue weighted by molar-refractivity contribution is 0.740. The van der Waals surface area contributed by atoms with E-state index in [0.29, 0.717) is 10.0 Å². The van der Waals surface area contributed by atoms with E-state index in [2.05, 4.69) is 0 Å². The van der Waals surface area contributed by atoms with Crippen molar-refractivity contribution in [3.05, 3.63) is 33.8 Å². The maximum atomic E-state index is 5.99. The van der Waals surface area contributed by atoms with Crippen LogP contribution in [0.4, 0.5) is 0 Å². The van der Waals surface area contributed by atoms with E-state index in [1.54, 1.807) is 6.07 Å². The Kier molecular flexibility index (Phi) is 1.83. The quantitative estimate of drug-likeness (QED) is 0.744. The molecule has 0 radical (unpaired) electrons. The van der Waals surface area contributed by atoms with Crippen molar-refractivity contribution in [2.75, 3.05) is 0 Å². The van der Waals surface area contributed by atoms with Crippen LogP contribution in [0.25, 0.3) is 0 Å². The van der Waals surface area contributed by atoms with Crippen molar-refractivity contribution in [2.45, 2.75) is 18.4 Å². The summed E-state index contributed by atoms with van der Waals surface area (Å²) in [6.07, 6.45) is 2.09. The summed E-state index contributed by atoms with van der Waals surface area (Å²) in [7, 11) is 0. The molecule has 0 amide bonds. The molecule has 0 aliphatic heterocycles. The number of rotatable bonds is 1. The van der Waals surface area contributed by atoms with Crippen LogP contribution in [0.15, 0.2) is 18.2 Å². The third-order valence-electron chi connectivity index (χ3n) is 2.28. The van der Waals surface area contributed by atoms with E-state index in [4.69, 9.17) is 28.9 Å². The van der Waals surface area contributed by atoms with Crippen LogP contribution in [-0.2, 0) is 5.54 Å². The molecule has 1 saturated carbocycles. The second-order valence-electron chi connectivity index (χ2n) is 3.29. The van der Waals surface area contributed by atoms with Crippen LogP contribution < -0.4 is 5.73 Å². The molecular formula is C9H9Cl2N. The number of hydrogen-bond donors (Lipinski definition) is 1. The average Bonchev–Trinajstić information content (AvgIpc) is 2.75. The first-order chi connectivity index (χ1) is 5.62. The molecule has 0 aromatic heterocycles. The van der Waals surface area contributed by atoms with Crippen molar-refractivity contribution >= 4 is 23.2 Å². The summed E-state index contributed by atoms with van der Waals surface area (Å²) in [5.41, 5.74) is 6.96. The largest absolute Gasteiger partial charge is 0.321 e.